The summed E-state index contributed by atoms with van der Waals surface area (Å²) in [6.45, 7) is 1.93. The van der Waals surface area contributed by atoms with Gasteiger partial charge >= 0.3 is 0 Å². The van der Waals surface area contributed by atoms with Gasteiger partial charge < -0.3 is 15.7 Å². The Hall–Kier alpha value is -2.85. The summed E-state index contributed by atoms with van der Waals surface area (Å²) in [5.74, 6) is -2.04. The molecule has 0 saturated heterocycles. The monoisotopic (exact) mass is 550 g/mol. The van der Waals surface area contributed by atoms with E-state index in [1.54, 1.807) is 0 Å². The van der Waals surface area contributed by atoms with Crippen molar-refractivity contribution in [2.75, 3.05) is 12.8 Å². The van der Waals surface area contributed by atoms with Crippen LogP contribution >= 0.6 is 11.6 Å². The van der Waals surface area contributed by atoms with Crippen molar-refractivity contribution in [3.8, 4) is 0 Å². The molecule has 0 fully saturated rings. The summed E-state index contributed by atoms with van der Waals surface area (Å²) < 4.78 is 50.9. The molecule has 0 radical (unpaired) electrons. The molecule has 198 valence electrons. The number of aryl methyl sites for hydroxylation is 1. The molecule has 37 heavy (non-hydrogen) atoms. The Bertz CT molecular complexity index is 1360. The average Bonchev–Trinajstić information content (AvgIpc) is 2.82. The molecule has 1 amide bonds. The van der Waals surface area contributed by atoms with Gasteiger partial charge in [0.15, 0.2) is 9.84 Å². The zero-order valence-electron chi connectivity index (χ0n) is 20.5. The first-order valence-corrected chi connectivity index (χ1v) is 13.9. The number of sulfone groups is 1. The van der Waals surface area contributed by atoms with E-state index in [1.165, 1.54) is 23.1 Å². The van der Waals surface area contributed by atoms with E-state index in [1.807, 2.05) is 31.2 Å². The lowest BCUT2D eigenvalue weighted by atomic mass is 10.0. The molecule has 2 atom stereocenters. The Kier molecular flexibility index (Phi) is 9.41. The van der Waals surface area contributed by atoms with Gasteiger partial charge in [-0.1, -0.05) is 42.8 Å². The van der Waals surface area contributed by atoms with Crippen molar-refractivity contribution in [3.63, 3.8) is 0 Å². The van der Waals surface area contributed by atoms with Crippen molar-refractivity contribution >= 4 is 27.3 Å². The SMILES string of the molecule is CCc1cccc(CN(C[C@@H](O)[C@@H](N)Cc2cc(F)cc(F)c2)C(=O)c2ccc(S(C)(=O)=O)cc2Cl)c1. The van der Waals surface area contributed by atoms with Crippen molar-refractivity contribution in [1.29, 1.82) is 0 Å². The number of aliphatic hydroxyl groups is 1. The lowest BCUT2D eigenvalue weighted by Crippen LogP contribution is -2.46. The molecule has 10 heteroatoms. The molecule has 0 aromatic heterocycles. The third-order valence-corrected chi connectivity index (χ3v) is 7.38. The summed E-state index contributed by atoms with van der Waals surface area (Å²) >= 11 is 6.29. The number of carbonyl (C=O) groups excluding carboxylic acids is 1. The van der Waals surface area contributed by atoms with Crippen LogP contribution in [0.4, 0.5) is 8.78 Å². The molecular weight excluding hydrogens is 522 g/mol. The summed E-state index contributed by atoms with van der Waals surface area (Å²) in [7, 11) is -3.53. The van der Waals surface area contributed by atoms with Crippen LogP contribution in [0.2, 0.25) is 5.02 Å². The molecule has 3 rings (SSSR count). The van der Waals surface area contributed by atoms with Crippen LogP contribution < -0.4 is 5.73 Å². The highest BCUT2D eigenvalue weighted by Gasteiger charge is 2.26. The van der Waals surface area contributed by atoms with Gasteiger partial charge in [0, 0.05) is 31.5 Å². The average molecular weight is 551 g/mol. The number of hydrogen-bond donors (Lipinski definition) is 2. The molecule has 0 spiro atoms. The Balaban J connectivity index is 1.88. The third-order valence-electron chi connectivity index (χ3n) is 5.95. The summed E-state index contributed by atoms with van der Waals surface area (Å²) in [4.78, 5) is 14.9. The molecule has 0 aliphatic rings. The zero-order valence-corrected chi connectivity index (χ0v) is 22.1. The normalized spacial score (nSPS) is 13.3. The Morgan fingerprint density at radius 2 is 1.68 bits per heavy atom. The van der Waals surface area contributed by atoms with Gasteiger partial charge in [0.05, 0.1) is 21.6 Å². The smallest absolute Gasteiger partial charge is 0.255 e. The first-order chi connectivity index (χ1) is 17.4. The van der Waals surface area contributed by atoms with E-state index in [4.69, 9.17) is 17.3 Å². The highest BCUT2D eigenvalue weighted by molar-refractivity contribution is 7.90. The number of benzene rings is 3. The fraction of sp³-hybridized carbons (Fsp3) is 0.296. The van der Waals surface area contributed by atoms with Crippen LogP contribution in [0.15, 0.2) is 65.6 Å². The molecule has 6 nitrogen and oxygen atoms in total. The number of amides is 1. The van der Waals surface area contributed by atoms with Crippen molar-refractivity contribution < 1.29 is 27.1 Å². The van der Waals surface area contributed by atoms with E-state index in [2.05, 4.69) is 0 Å². The summed E-state index contributed by atoms with van der Waals surface area (Å²) in [6, 6.07) is 13.5. The number of carbonyl (C=O) groups is 1. The van der Waals surface area contributed by atoms with E-state index in [0.29, 0.717) is 0 Å². The lowest BCUT2D eigenvalue weighted by Gasteiger charge is -2.29. The quantitative estimate of drug-likeness (QED) is 0.395. The number of hydrogen-bond acceptors (Lipinski definition) is 5. The van der Waals surface area contributed by atoms with E-state index in [9.17, 15) is 27.1 Å². The lowest BCUT2D eigenvalue weighted by molar-refractivity contribution is 0.0554. The van der Waals surface area contributed by atoms with Gasteiger partial charge in [0.25, 0.3) is 5.91 Å². The molecule has 0 aliphatic carbocycles. The van der Waals surface area contributed by atoms with E-state index >= 15 is 0 Å². The minimum atomic E-state index is -3.53. The molecule has 0 heterocycles. The van der Waals surface area contributed by atoms with Crippen molar-refractivity contribution in [2.24, 2.45) is 5.73 Å². The largest absolute Gasteiger partial charge is 0.390 e. The number of halogens is 3. The van der Waals surface area contributed by atoms with Crippen molar-refractivity contribution in [3.05, 3.63) is 99.6 Å². The van der Waals surface area contributed by atoms with Gasteiger partial charge in [-0.2, -0.15) is 0 Å². The standard InChI is InChI=1S/C27H29ClF2N2O4S/c1-3-17-5-4-6-18(9-17)15-32(27(34)23-8-7-22(14-24(23)28)37(2,35)36)16-26(33)25(31)12-19-10-20(29)13-21(30)11-19/h4-11,13-14,25-26,33H,3,12,15-16,31H2,1-2H3/t25-,26+/m0/s1. The van der Waals surface area contributed by atoms with Gasteiger partial charge in [0.1, 0.15) is 11.6 Å². The van der Waals surface area contributed by atoms with Crippen LogP contribution in [0.1, 0.15) is 34.0 Å². The van der Waals surface area contributed by atoms with Crippen LogP contribution in [-0.4, -0.2) is 49.3 Å². The Labute approximate surface area is 220 Å². The maximum absolute atomic E-state index is 13.6. The number of nitrogens with zero attached hydrogens (tertiary/aromatic N) is 1. The topological polar surface area (TPSA) is 101 Å². The molecule has 3 aromatic rings. The van der Waals surface area contributed by atoms with Gasteiger partial charge in [0.2, 0.25) is 0 Å². The third kappa shape index (κ3) is 7.82. The highest BCUT2D eigenvalue weighted by Crippen LogP contribution is 2.24. The fourth-order valence-corrected chi connectivity index (χ4v) is 4.93. The van der Waals surface area contributed by atoms with Crippen molar-refractivity contribution in [1.82, 2.24) is 4.90 Å². The molecule has 0 aliphatic heterocycles. The van der Waals surface area contributed by atoms with E-state index < -0.39 is 39.5 Å². The molecular formula is C27H29ClF2N2O4S. The Morgan fingerprint density at radius 1 is 1.03 bits per heavy atom. The fourth-order valence-electron chi connectivity index (χ4n) is 3.96. The number of nitrogens with two attached hydrogens (primary N) is 1. The van der Waals surface area contributed by atoms with E-state index in [0.717, 1.165) is 42.0 Å². The predicted octanol–water partition coefficient (Wildman–Crippen LogP) is 4.16. The van der Waals surface area contributed by atoms with Gasteiger partial charge in [-0.25, -0.2) is 17.2 Å². The number of aliphatic hydroxyl groups excluding tert-OH is 1. The minimum absolute atomic E-state index is 0.0208. The zero-order chi connectivity index (χ0) is 27.3. The summed E-state index contributed by atoms with van der Waals surface area (Å²) in [6.07, 6.45) is 0.569. The van der Waals surface area contributed by atoms with Crippen LogP contribution in [0.25, 0.3) is 0 Å². The number of rotatable bonds is 10. The summed E-state index contributed by atoms with van der Waals surface area (Å²) in [5, 5.41) is 10.8. The van der Waals surface area contributed by atoms with E-state index in [-0.39, 0.29) is 40.6 Å². The maximum atomic E-state index is 13.6. The summed E-state index contributed by atoms with van der Waals surface area (Å²) in [5.41, 5.74) is 8.36. The minimum Gasteiger partial charge on any atom is -0.390 e. The highest BCUT2D eigenvalue weighted by atomic mass is 35.5. The predicted molar refractivity (Wildman–Crippen MR) is 139 cm³/mol. The van der Waals surface area contributed by atoms with Gasteiger partial charge in [-0.05, 0) is 59.9 Å². The molecule has 3 N–H and O–H groups in total. The van der Waals surface area contributed by atoms with Gasteiger partial charge in [-0.15, -0.1) is 0 Å². The molecule has 0 unspecified atom stereocenters. The molecule has 0 saturated carbocycles. The van der Waals surface area contributed by atoms with Crippen LogP contribution in [-0.2, 0) is 29.2 Å². The second-order valence-corrected chi connectivity index (χ2v) is 11.4. The van der Waals surface area contributed by atoms with Crippen LogP contribution in [0.5, 0.6) is 0 Å². The second-order valence-electron chi connectivity index (χ2n) is 8.99. The van der Waals surface area contributed by atoms with Gasteiger partial charge in [-0.3, -0.25) is 4.79 Å². The first kappa shape index (κ1) is 28.7. The van der Waals surface area contributed by atoms with Crippen molar-refractivity contribution in [2.45, 2.75) is 43.4 Å². The molecule has 3 aromatic carbocycles. The second kappa shape index (κ2) is 12.1. The Morgan fingerprint density at radius 3 is 2.27 bits per heavy atom. The van der Waals surface area contributed by atoms with Crippen LogP contribution in [0.3, 0.4) is 0 Å². The first-order valence-electron chi connectivity index (χ1n) is 11.6. The molecule has 0 bridgehead atoms. The maximum Gasteiger partial charge on any atom is 0.255 e. The van der Waals surface area contributed by atoms with Crippen LogP contribution in [0, 0.1) is 11.6 Å².